The Balaban J connectivity index is 1.65. The Kier molecular flexibility index (Phi) is 4.56. The first-order chi connectivity index (χ1) is 12.6. The summed E-state index contributed by atoms with van der Waals surface area (Å²) in [7, 11) is 0. The zero-order valence-corrected chi connectivity index (χ0v) is 15.3. The van der Waals surface area contributed by atoms with E-state index in [2.05, 4.69) is 43.3 Å². The molecule has 0 radical (unpaired) electrons. The molecule has 3 heteroatoms. The van der Waals surface area contributed by atoms with Gasteiger partial charge in [-0.3, -0.25) is 0 Å². The predicted octanol–water partition coefficient (Wildman–Crippen LogP) is 5.04. The summed E-state index contributed by atoms with van der Waals surface area (Å²) in [4.78, 5) is 0. The highest BCUT2D eigenvalue weighted by Gasteiger charge is 2.18. The SMILES string of the molecule is Cc1cc(N)cc2cc(-c3ccc(OCC4CCC4)c(CN)c3)ccc12. The van der Waals surface area contributed by atoms with Crippen LogP contribution in [0.2, 0.25) is 0 Å². The molecule has 0 unspecified atom stereocenters. The molecule has 0 atom stereocenters. The first kappa shape index (κ1) is 16.9. The number of anilines is 1. The number of nitrogens with two attached hydrogens (primary N) is 2. The first-order valence-electron chi connectivity index (χ1n) is 9.40. The average molecular weight is 346 g/mol. The highest BCUT2D eigenvalue weighted by molar-refractivity contribution is 5.92. The van der Waals surface area contributed by atoms with E-state index < -0.39 is 0 Å². The van der Waals surface area contributed by atoms with E-state index in [0.717, 1.165) is 35.1 Å². The maximum absolute atomic E-state index is 6.03. The number of benzene rings is 3. The van der Waals surface area contributed by atoms with Crippen molar-refractivity contribution in [1.29, 1.82) is 0 Å². The van der Waals surface area contributed by atoms with Crippen LogP contribution in [0.15, 0.2) is 48.5 Å². The number of nitrogen functional groups attached to an aromatic ring is 1. The molecule has 3 aromatic carbocycles. The van der Waals surface area contributed by atoms with E-state index in [1.54, 1.807) is 0 Å². The minimum absolute atomic E-state index is 0.480. The maximum atomic E-state index is 6.03. The van der Waals surface area contributed by atoms with Gasteiger partial charge in [-0.05, 0) is 83.5 Å². The van der Waals surface area contributed by atoms with Crippen molar-refractivity contribution in [2.45, 2.75) is 32.7 Å². The minimum atomic E-state index is 0.480. The van der Waals surface area contributed by atoms with E-state index in [-0.39, 0.29) is 0 Å². The van der Waals surface area contributed by atoms with Crippen molar-refractivity contribution < 1.29 is 4.74 Å². The van der Waals surface area contributed by atoms with Crippen LogP contribution in [0.3, 0.4) is 0 Å². The highest BCUT2D eigenvalue weighted by Crippen LogP contribution is 2.32. The van der Waals surface area contributed by atoms with Crippen LogP contribution in [0.25, 0.3) is 21.9 Å². The Morgan fingerprint density at radius 2 is 1.77 bits per heavy atom. The van der Waals surface area contributed by atoms with E-state index in [9.17, 15) is 0 Å². The van der Waals surface area contributed by atoms with Gasteiger partial charge in [-0.25, -0.2) is 0 Å². The second-order valence-corrected chi connectivity index (χ2v) is 7.41. The van der Waals surface area contributed by atoms with Crippen molar-refractivity contribution in [1.82, 2.24) is 0 Å². The van der Waals surface area contributed by atoms with Crippen LogP contribution in [0.5, 0.6) is 5.75 Å². The maximum Gasteiger partial charge on any atom is 0.123 e. The summed E-state index contributed by atoms with van der Waals surface area (Å²) in [6.07, 6.45) is 3.91. The number of ether oxygens (including phenoxy) is 1. The Morgan fingerprint density at radius 3 is 2.50 bits per heavy atom. The normalized spacial score (nSPS) is 14.4. The molecule has 4 rings (SSSR count). The lowest BCUT2D eigenvalue weighted by molar-refractivity contribution is 0.179. The third-order valence-electron chi connectivity index (χ3n) is 5.49. The number of hydrogen-bond acceptors (Lipinski definition) is 3. The summed E-state index contributed by atoms with van der Waals surface area (Å²) in [5.41, 5.74) is 17.4. The lowest BCUT2D eigenvalue weighted by Gasteiger charge is -2.25. The molecule has 1 aliphatic rings. The van der Waals surface area contributed by atoms with E-state index in [1.807, 2.05) is 12.1 Å². The van der Waals surface area contributed by atoms with Crippen molar-refractivity contribution in [3.8, 4) is 16.9 Å². The molecule has 0 spiro atoms. The molecule has 134 valence electrons. The molecule has 0 saturated heterocycles. The number of fused-ring (bicyclic) bond motifs is 1. The largest absolute Gasteiger partial charge is 0.493 e. The van der Waals surface area contributed by atoms with Crippen LogP contribution in [-0.2, 0) is 6.54 Å². The molecular weight excluding hydrogens is 320 g/mol. The van der Waals surface area contributed by atoms with E-state index >= 15 is 0 Å². The summed E-state index contributed by atoms with van der Waals surface area (Å²) >= 11 is 0. The summed E-state index contributed by atoms with van der Waals surface area (Å²) < 4.78 is 6.03. The van der Waals surface area contributed by atoms with Crippen LogP contribution >= 0.6 is 0 Å². The van der Waals surface area contributed by atoms with Crippen molar-refractivity contribution >= 4 is 16.5 Å². The van der Waals surface area contributed by atoms with Gasteiger partial charge in [-0.15, -0.1) is 0 Å². The lowest BCUT2D eigenvalue weighted by Crippen LogP contribution is -2.19. The third kappa shape index (κ3) is 3.27. The van der Waals surface area contributed by atoms with Crippen LogP contribution in [-0.4, -0.2) is 6.61 Å². The van der Waals surface area contributed by atoms with E-state index in [0.29, 0.717) is 6.54 Å². The van der Waals surface area contributed by atoms with Crippen molar-refractivity contribution in [2.75, 3.05) is 12.3 Å². The molecule has 1 saturated carbocycles. The standard InChI is InChI=1S/C23H26N2O/c1-15-9-21(25)12-19-10-17(5-7-22(15)19)18-6-8-23(20(11-18)13-24)26-14-16-3-2-4-16/h5-12,16H,2-4,13-14,24-25H2,1H3. The van der Waals surface area contributed by atoms with Gasteiger partial charge in [-0.1, -0.05) is 24.6 Å². The molecule has 3 nitrogen and oxygen atoms in total. The van der Waals surface area contributed by atoms with Crippen LogP contribution in [0.4, 0.5) is 5.69 Å². The van der Waals surface area contributed by atoms with E-state index in [1.165, 1.54) is 41.2 Å². The Labute approximate surface area is 155 Å². The minimum Gasteiger partial charge on any atom is -0.493 e. The van der Waals surface area contributed by atoms with Gasteiger partial charge in [-0.2, -0.15) is 0 Å². The predicted molar refractivity (Wildman–Crippen MR) is 109 cm³/mol. The van der Waals surface area contributed by atoms with Gasteiger partial charge in [0.05, 0.1) is 6.61 Å². The molecule has 0 aromatic heterocycles. The second kappa shape index (κ2) is 7.00. The fraction of sp³-hybridized carbons (Fsp3) is 0.304. The topological polar surface area (TPSA) is 61.3 Å². The number of rotatable bonds is 5. The molecule has 0 bridgehead atoms. The van der Waals surface area contributed by atoms with Crippen molar-refractivity contribution in [3.63, 3.8) is 0 Å². The van der Waals surface area contributed by atoms with E-state index in [4.69, 9.17) is 16.2 Å². The first-order valence-corrected chi connectivity index (χ1v) is 9.40. The fourth-order valence-corrected chi connectivity index (χ4v) is 3.70. The molecule has 3 aromatic rings. The van der Waals surface area contributed by atoms with Crippen molar-refractivity contribution in [3.05, 3.63) is 59.7 Å². The Hall–Kier alpha value is -2.52. The summed E-state index contributed by atoms with van der Waals surface area (Å²) in [5.74, 6) is 1.64. The zero-order chi connectivity index (χ0) is 18.1. The average Bonchev–Trinajstić information content (AvgIpc) is 2.60. The second-order valence-electron chi connectivity index (χ2n) is 7.41. The molecule has 4 N–H and O–H groups in total. The number of aryl methyl sites for hydroxylation is 1. The quantitative estimate of drug-likeness (QED) is 0.637. The van der Waals surface area contributed by atoms with Crippen LogP contribution < -0.4 is 16.2 Å². The Morgan fingerprint density at radius 1 is 1.00 bits per heavy atom. The van der Waals surface area contributed by atoms with Crippen LogP contribution in [0, 0.1) is 12.8 Å². The van der Waals surface area contributed by atoms with Gasteiger partial charge in [0.15, 0.2) is 0 Å². The van der Waals surface area contributed by atoms with Gasteiger partial charge in [0.1, 0.15) is 5.75 Å². The molecule has 26 heavy (non-hydrogen) atoms. The van der Waals surface area contributed by atoms with Gasteiger partial charge >= 0.3 is 0 Å². The number of hydrogen-bond donors (Lipinski definition) is 2. The molecule has 0 heterocycles. The molecular formula is C23H26N2O. The molecule has 1 fully saturated rings. The summed E-state index contributed by atoms with van der Waals surface area (Å²) in [5, 5.41) is 2.40. The van der Waals surface area contributed by atoms with Gasteiger partial charge in [0, 0.05) is 17.8 Å². The molecule has 0 aliphatic heterocycles. The lowest BCUT2D eigenvalue weighted by atomic mass is 9.86. The van der Waals surface area contributed by atoms with Crippen molar-refractivity contribution in [2.24, 2.45) is 11.7 Å². The smallest absolute Gasteiger partial charge is 0.123 e. The van der Waals surface area contributed by atoms with Gasteiger partial charge < -0.3 is 16.2 Å². The Bertz CT molecular complexity index is 944. The highest BCUT2D eigenvalue weighted by atomic mass is 16.5. The summed E-state index contributed by atoms with van der Waals surface area (Å²) in [6.45, 7) is 3.38. The monoisotopic (exact) mass is 346 g/mol. The summed E-state index contributed by atoms with van der Waals surface area (Å²) in [6, 6.07) is 16.9. The van der Waals surface area contributed by atoms with Crippen LogP contribution in [0.1, 0.15) is 30.4 Å². The molecule has 1 aliphatic carbocycles. The van der Waals surface area contributed by atoms with Gasteiger partial charge in [0.2, 0.25) is 0 Å². The fourth-order valence-electron chi connectivity index (χ4n) is 3.70. The van der Waals surface area contributed by atoms with Gasteiger partial charge in [0.25, 0.3) is 0 Å². The zero-order valence-electron chi connectivity index (χ0n) is 15.3. The molecule has 0 amide bonds. The third-order valence-corrected chi connectivity index (χ3v) is 5.49.